The minimum Gasteiger partial charge on any atom is -0.369 e. The molecule has 92 valence electrons. The summed E-state index contributed by atoms with van der Waals surface area (Å²) in [6.07, 6.45) is 1.60. The molecule has 3 rings (SSSR count). The normalized spacial score (nSPS) is 11.2. The molecule has 7 heteroatoms. The number of anilines is 1. The SMILES string of the molecule is Nc1nc2cc(Cl)cnc2n1Cc1sccc1Br. The Bertz CT molecular complexity index is 721. The van der Waals surface area contributed by atoms with E-state index in [0.29, 0.717) is 23.0 Å². The van der Waals surface area contributed by atoms with Gasteiger partial charge in [-0.05, 0) is 33.4 Å². The molecule has 0 unspecified atom stereocenters. The molecule has 3 aromatic rings. The number of halogens is 2. The van der Waals surface area contributed by atoms with Gasteiger partial charge in [0.15, 0.2) is 5.65 Å². The predicted molar refractivity (Wildman–Crippen MR) is 78.1 cm³/mol. The van der Waals surface area contributed by atoms with E-state index >= 15 is 0 Å². The van der Waals surface area contributed by atoms with Gasteiger partial charge < -0.3 is 5.73 Å². The van der Waals surface area contributed by atoms with Gasteiger partial charge in [-0.3, -0.25) is 4.57 Å². The van der Waals surface area contributed by atoms with Crippen molar-refractivity contribution in [1.29, 1.82) is 0 Å². The van der Waals surface area contributed by atoms with Crippen molar-refractivity contribution < 1.29 is 0 Å². The van der Waals surface area contributed by atoms with Crippen molar-refractivity contribution in [2.75, 3.05) is 5.73 Å². The number of hydrogen-bond acceptors (Lipinski definition) is 4. The number of thiophene rings is 1. The molecule has 18 heavy (non-hydrogen) atoms. The van der Waals surface area contributed by atoms with Gasteiger partial charge in [-0.1, -0.05) is 11.6 Å². The van der Waals surface area contributed by atoms with Crippen LogP contribution in [0.3, 0.4) is 0 Å². The van der Waals surface area contributed by atoms with E-state index in [1.807, 2.05) is 16.0 Å². The number of fused-ring (bicyclic) bond motifs is 1. The fourth-order valence-corrected chi connectivity index (χ4v) is 3.36. The van der Waals surface area contributed by atoms with Gasteiger partial charge in [0.25, 0.3) is 0 Å². The molecule has 0 atom stereocenters. The monoisotopic (exact) mass is 342 g/mol. The largest absolute Gasteiger partial charge is 0.369 e. The van der Waals surface area contributed by atoms with Crippen LogP contribution >= 0.6 is 38.9 Å². The summed E-state index contributed by atoms with van der Waals surface area (Å²) in [5, 5.41) is 2.59. The zero-order valence-corrected chi connectivity index (χ0v) is 12.3. The average molecular weight is 344 g/mol. The Labute approximate surface area is 121 Å². The highest BCUT2D eigenvalue weighted by atomic mass is 79.9. The van der Waals surface area contributed by atoms with E-state index in [1.165, 1.54) is 4.88 Å². The molecule has 0 bridgehead atoms. The van der Waals surface area contributed by atoms with Gasteiger partial charge in [-0.2, -0.15) is 0 Å². The second kappa shape index (κ2) is 4.53. The molecule has 0 amide bonds. The van der Waals surface area contributed by atoms with Crippen molar-refractivity contribution in [3.8, 4) is 0 Å². The molecule has 3 aromatic heterocycles. The first-order valence-electron chi connectivity index (χ1n) is 5.14. The summed E-state index contributed by atoms with van der Waals surface area (Å²) < 4.78 is 2.95. The van der Waals surface area contributed by atoms with Crippen LogP contribution in [-0.4, -0.2) is 14.5 Å². The van der Waals surface area contributed by atoms with Gasteiger partial charge in [-0.15, -0.1) is 11.3 Å². The van der Waals surface area contributed by atoms with Crippen molar-refractivity contribution in [1.82, 2.24) is 14.5 Å². The summed E-state index contributed by atoms with van der Waals surface area (Å²) in [7, 11) is 0. The van der Waals surface area contributed by atoms with Crippen molar-refractivity contribution in [2.24, 2.45) is 0 Å². The number of rotatable bonds is 2. The summed E-state index contributed by atoms with van der Waals surface area (Å²) in [4.78, 5) is 9.74. The zero-order chi connectivity index (χ0) is 12.7. The Morgan fingerprint density at radius 3 is 3.06 bits per heavy atom. The average Bonchev–Trinajstić information content (AvgIpc) is 2.85. The number of aromatic nitrogens is 3. The van der Waals surface area contributed by atoms with Crippen LogP contribution in [0.25, 0.3) is 11.2 Å². The Balaban J connectivity index is 2.11. The Morgan fingerprint density at radius 1 is 1.50 bits per heavy atom. The highest BCUT2D eigenvalue weighted by Gasteiger charge is 2.12. The van der Waals surface area contributed by atoms with Gasteiger partial charge in [0.05, 0.1) is 11.6 Å². The molecule has 3 heterocycles. The lowest BCUT2D eigenvalue weighted by molar-refractivity contribution is 0.838. The number of nitrogens with two attached hydrogens (primary N) is 1. The third kappa shape index (κ3) is 2.00. The molecule has 0 saturated heterocycles. The standard InChI is InChI=1S/C11H8BrClN4S/c12-7-1-2-18-9(7)5-17-10-8(16-11(17)14)3-6(13)4-15-10/h1-4H,5H2,(H2,14,16). The smallest absolute Gasteiger partial charge is 0.202 e. The maximum absolute atomic E-state index is 5.93. The van der Waals surface area contributed by atoms with Gasteiger partial charge >= 0.3 is 0 Å². The lowest BCUT2D eigenvalue weighted by Gasteiger charge is -2.04. The van der Waals surface area contributed by atoms with Crippen LogP contribution in [0, 0.1) is 0 Å². The summed E-state index contributed by atoms with van der Waals surface area (Å²) in [6, 6.07) is 3.78. The van der Waals surface area contributed by atoms with Gasteiger partial charge in [0, 0.05) is 15.5 Å². The van der Waals surface area contributed by atoms with Crippen LogP contribution in [-0.2, 0) is 6.54 Å². The van der Waals surface area contributed by atoms with Crippen LogP contribution in [0.1, 0.15) is 4.88 Å². The van der Waals surface area contributed by atoms with Gasteiger partial charge in [-0.25, -0.2) is 9.97 Å². The molecule has 0 spiro atoms. The Hall–Kier alpha value is -1.11. The maximum Gasteiger partial charge on any atom is 0.202 e. The van der Waals surface area contributed by atoms with Crippen LogP contribution in [0.5, 0.6) is 0 Å². The molecule has 4 nitrogen and oxygen atoms in total. The van der Waals surface area contributed by atoms with Crippen molar-refractivity contribution >= 4 is 56.0 Å². The number of nitrogen functional groups attached to an aromatic ring is 1. The first-order chi connectivity index (χ1) is 8.65. The molecule has 0 aliphatic carbocycles. The van der Waals surface area contributed by atoms with Crippen molar-refractivity contribution in [2.45, 2.75) is 6.54 Å². The Kier molecular flexibility index (Phi) is 3.01. The molecule has 0 saturated carbocycles. The quantitative estimate of drug-likeness (QED) is 0.774. The second-order valence-corrected chi connectivity index (χ2v) is 6.04. The summed E-state index contributed by atoms with van der Waals surface area (Å²) in [5.74, 6) is 0.445. The van der Waals surface area contributed by atoms with Crippen LogP contribution < -0.4 is 5.73 Å². The maximum atomic E-state index is 5.93. The van der Waals surface area contributed by atoms with Gasteiger partial charge in [0.2, 0.25) is 5.95 Å². The van der Waals surface area contributed by atoms with E-state index in [-0.39, 0.29) is 0 Å². The van der Waals surface area contributed by atoms with E-state index in [9.17, 15) is 0 Å². The van der Waals surface area contributed by atoms with Crippen LogP contribution in [0.2, 0.25) is 5.02 Å². The van der Waals surface area contributed by atoms with E-state index in [2.05, 4.69) is 25.9 Å². The summed E-state index contributed by atoms with van der Waals surface area (Å²) in [6.45, 7) is 0.648. The van der Waals surface area contributed by atoms with E-state index in [4.69, 9.17) is 17.3 Å². The fraction of sp³-hybridized carbons (Fsp3) is 0.0909. The van der Waals surface area contributed by atoms with E-state index in [1.54, 1.807) is 23.6 Å². The van der Waals surface area contributed by atoms with E-state index in [0.717, 1.165) is 10.1 Å². The highest BCUT2D eigenvalue weighted by Crippen LogP contribution is 2.26. The lowest BCUT2D eigenvalue weighted by atomic mass is 10.4. The summed E-state index contributed by atoms with van der Waals surface area (Å²) >= 11 is 11.1. The number of hydrogen-bond donors (Lipinski definition) is 1. The second-order valence-electron chi connectivity index (χ2n) is 3.74. The minimum atomic E-state index is 0.445. The molecule has 0 aromatic carbocycles. The van der Waals surface area contributed by atoms with Crippen LogP contribution in [0.15, 0.2) is 28.2 Å². The predicted octanol–water partition coefficient (Wildman–Crippen LogP) is 3.54. The third-order valence-electron chi connectivity index (χ3n) is 2.57. The number of nitrogens with zero attached hydrogens (tertiary/aromatic N) is 3. The first kappa shape index (κ1) is 12.0. The Morgan fingerprint density at radius 2 is 2.33 bits per heavy atom. The number of imidazole rings is 1. The van der Waals surface area contributed by atoms with Crippen molar-refractivity contribution in [3.05, 3.63) is 38.1 Å². The molecular formula is C11H8BrClN4S. The molecule has 0 fully saturated rings. The minimum absolute atomic E-state index is 0.445. The van der Waals surface area contributed by atoms with Gasteiger partial charge in [0.1, 0.15) is 5.52 Å². The number of pyridine rings is 1. The fourth-order valence-electron chi connectivity index (χ4n) is 1.74. The van der Waals surface area contributed by atoms with Crippen molar-refractivity contribution in [3.63, 3.8) is 0 Å². The molecule has 0 aliphatic rings. The molecular weight excluding hydrogens is 336 g/mol. The van der Waals surface area contributed by atoms with Crippen LogP contribution in [0.4, 0.5) is 5.95 Å². The lowest BCUT2D eigenvalue weighted by Crippen LogP contribution is -2.04. The highest BCUT2D eigenvalue weighted by molar-refractivity contribution is 9.10. The van der Waals surface area contributed by atoms with E-state index < -0.39 is 0 Å². The third-order valence-corrected chi connectivity index (χ3v) is 4.69. The topological polar surface area (TPSA) is 56.7 Å². The zero-order valence-electron chi connectivity index (χ0n) is 9.10. The summed E-state index contributed by atoms with van der Waals surface area (Å²) in [5.41, 5.74) is 7.39. The molecule has 0 aliphatic heterocycles. The first-order valence-corrected chi connectivity index (χ1v) is 7.19. The molecule has 2 N–H and O–H groups in total. The molecule has 0 radical (unpaired) electrons.